The highest BCUT2D eigenvalue weighted by Crippen LogP contribution is 2.22. The van der Waals surface area contributed by atoms with E-state index in [9.17, 15) is 0 Å². The van der Waals surface area contributed by atoms with Gasteiger partial charge >= 0.3 is 0 Å². The Bertz CT molecular complexity index is 447. The second-order valence-corrected chi connectivity index (χ2v) is 5.60. The Morgan fingerprint density at radius 2 is 2.00 bits per heavy atom. The van der Waals surface area contributed by atoms with Crippen molar-refractivity contribution in [3.05, 3.63) is 35.4 Å². The number of aliphatic imine (C=N–C) groups is 1. The zero-order valence-corrected chi connectivity index (χ0v) is 16.0. The van der Waals surface area contributed by atoms with Gasteiger partial charge in [0, 0.05) is 32.7 Å². The molecule has 2 N–H and O–H groups in total. The summed E-state index contributed by atoms with van der Waals surface area (Å²) < 4.78 is 5.02. The van der Waals surface area contributed by atoms with Gasteiger partial charge in [0.1, 0.15) is 0 Å². The van der Waals surface area contributed by atoms with Crippen LogP contribution in [0.15, 0.2) is 29.3 Å². The standard InChI is InChI=1S/C16H27N3O.HI/c1-13-7-6-8-14(11-13)16(2,3)12-19-15(17-4)18-9-10-20-5;/h6-8,11H,9-10,12H2,1-5H3,(H2,17,18,19);1H. The van der Waals surface area contributed by atoms with Crippen molar-refractivity contribution in [1.29, 1.82) is 0 Å². The van der Waals surface area contributed by atoms with E-state index in [2.05, 4.69) is 60.7 Å². The van der Waals surface area contributed by atoms with Gasteiger partial charge in [-0.05, 0) is 12.5 Å². The fourth-order valence-electron chi connectivity index (χ4n) is 1.96. The SMILES string of the molecule is CN=C(NCCOC)NCC(C)(C)c1cccc(C)c1.I. The molecule has 0 radical (unpaired) electrons. The average Bonchev–Trinajstić information content (AvgIpc) is 2.42. The molecule has 0 aromatic heterocycles. The van der Waals surface area contributed by atoms with Crippen LogP contribution in [0, 0.1) is 6.92 Å². The highest BCUT2D eigenvalue weighted by Gasteiger charge is 2.20. The molecule has 0 aliphatic rings. The van der Waals surface area contributed by atoms with Crippen LogP contribution in [0.25, 0.3) is 0 Å². The Morgan fingerprint density at radius 3 is 2.57 bits per heavy atom. The Hall–Kier alpha value is -0.820. The smallest absolute Gasteiger partial charge is 0.191 e. The van der Waals surface area contributed by atoms with Crippen LogP contribution < -0.4 is 10.6 Å². The molecule has 0 saturated carbocycles. The quantitative estimate of drug-likeness (QED) is 0.331. The molecule has 0 aliphatic carbocycles. The molecule has 0 saturated heterocycles. The molecule has 5 heteroatoms. The van der Waals surface area contributed by atoms with E-state index in [4.69, 9.17) is 4.74 Å². The van der Waals surface area contributed by atoms with E-state index in [1.165, 1.54) is 11.1 Å². The number of hydrogen-bond donors (Lipinski definition) is 2. The predicted molar refractivity (Wildman–Crippen MR) is 101 cm³/mol. The van der Waals surface area contributed by atoms with Crippen molar-refractivity contribution in [3.8, 4) is 0 Å². The van der Waals surface area contributed by atoms with Gasteiger partial charge in [0.2, 0.25) is 0 Å². The maximum atomic E-state index is 5.02. The molecule has 0 heterocycles. The van der Waals surface area contributed by atoms with Crippen LogP contribution in [-0.4, -0.2) is 39.8 Å². The molecule has 0 bridgehead atoms. The van der Waals surface area contributed by atoms with Gasteiger partial charge in [0.15, 0.2) is 5.96 Å². The normalized spacial score (nSPS) is 11.8. The highest BCUT2D eigenvalue weighted by molar-refractivity contribution is 14.0. The summed E-state index contributed by atoms with van der Waals surface area (Å²) in [6.07, 6.45) is 0. The van der Waals surface area contributed by atoms with Crippen molar-refractivity contribution in [3.63, 3.8) is 0 Å². The third-order valence-corrected chi connectivity index (χ3v) is 3.32. The summed E-state index contributed by atoms with van der Waals surface area (Å²) >= 11 is 0. The Labute approximate surface area is 145 Å². The third-order valence-electron chi connectivity index (χ3n) is 3.32. The fraction of sp³-hybridized carbons (Fsp3) is 0.562. The van der Waals surface area contributed by atoms with Crippen molar-refractivity contribution < 1.29 is 4.74 Å². The summed E-state index contributed by atoms with van der Waals surface area (Å²) in [6, 6.07) is 8.65. The van der Waals surface area contributed by atoms with Crippen LogP contribution in [0.4, 0.5) is 0 Å². The number of benzene rings is 1. The van der Waals surface area contributed by atoms with Crippen LogP contribution in [-0.2, 0) is 10.2 Å². The van der Waals surface area contributed by atoms with Gasteiger partial charge in [0.05, 0.1) is 6.61 Å². The zero-order valence-electron chi connectivity index (χ0n) is 13.7. The molecule has 0 atom stereocenters. The molecule has 4 nitrogen and oxygen atoms in total. The molecule has 1 aromatic rings. The van der Waals surface area contributed by atoms with Crippen LogP contribution >= 0.6 is 24.0 Å². The Balaban J connectivity index is 0.00000400. The number of guanidine groups is 1. The van der Waals surface area contributed by atoms with Gasteiger partial charge in [-0.3, -0.25) is 4.99 Å². The molecule has 1 rings (SSSR count). The Kier molecular flexibility index (Phi) is 9.61. The highest BCUT2D eigenvalue weighted by atomic mass is 127. The minimum Gasteiger partial charge on any atom is -0.383 e. The van der Waals surface area contributed by atoms with Gasteiger partial charge in [0.25, 0.3) is 0 Å². The van der Waals surface area contributed by atoms with E-state index in [-0.39, 0.29) is 29.4 Å². The number of hydrogen-bond acceptors (Lipinski definition) is 2. The van der Waals surface area contributed by atoms with E-state index in [1.807, 2.05) is 0 Å². The number of rotatable bonds is 6. The monoisotopic (exact) mass is 405 g/mol. The first-order valence-electron chi connectivity index (χ1n) is 7.00. The number of nitrogens with zero attached hydrogens (tertiary/aromatic N) is 1. The van der Waals surface area contributed by atoms with E-state index >= 15 is 0 Å². The molecular formula is C16H28IN3O. The van der Waals surface area contributed by atoms with Gasteiger partial charge < -0.3 is 15.4 Å². The molecule has 0 unspecified atom stereocenters. The Morgan fingerprint density at radius 1 is 1.29 bits per heavy atom. The first-order chi connectivity index (χ1) is 9.49. The van der Waals surface area contributed by atoms with Crippen LogP contribution in [0.3, 0.4) is 0 Å². The summed E-state index contributed by atoms with van der Waals surface area (Å²) in [5.74, 6) is 0.808. The minimum atomic E-state index is 0. The summed E-state index contributed by atoms with van der Waals surface area (Å²) in [4.78, 5) is 4.21. The molecule has 1 aromatic carbocycles. The zero-order chi connectivity index (χ0) is 15.0. The molecule has 0 aliphatic heterocycles. The molecule has 21 heavy (non-hydrogen) atoms. The third kappa shape index (κ3) is 7.13. The van der Waals surface area contributed by atoms with Crippen molar-refractivity contribution in [2.24, 2.45) is 4.99 Å². The number of ether oxygens (including phenoxy) is 1. The lowest BCUT2D eigenvalue weighted by molar-refractivity contribution is 0.203. The number of halogens is 1. The minimum absolute atomic E-state index is 0. The first-order valence-corrected chi connectivity index (χ1v) is 7.00. The van der Waals surface area contributed by atoms with Crippen LogP contribution in [0.1, 0.15) is 25.0 Å². The van der Waals surface area contributed by atoms with Crippen LogP contribution in [0.2, 0.25) is 0 Å². The number of methoxy groups -OCH3 is 1. The molecule has 0 spiro atoms. The second kappa shape index (κ2) is 10.00. The lowest BCUT2D eigenvalue weighted by Crippen LogP contribution is -2.44. The summed E-state index contributed by atoms with van der Waals surface area (Å²) in [7, 11) is 3.47. The van der Waals surface area contributed by atoms with Crippen molar-refractivity contribution in [1.82, 2.24) is 10.6 Å². The molecular weight excluding hydrogens is 377 g/mol. The number of aryl methyl sites for hydroxylation is 1. The van der Waals surface area contributed by atoms with Crippen molar-refractivity contribution in [2.45, 2.75) is 26.2 Å². The summed E-state index contributed by atoms with van der Waals surface area (Å²) in [5, 5.41) is 6.59. The van der Waals surface area contributed by atoms with Gasteiger partial charge in [-0.2, -0.15) is 0 Å². The van der Waals surface area contributed by atoms with E-state index in [1.54, 1.807) is 14.2 Å². The maximum absolute atomic E-state index is 5.02. The van der Waals surface area contributed by atoms with Crippen molar-refractivity contribution >= 4 is 29.9 Å². The molecule has 120 valence electrons. The van der Waals surface area contributed by atoms with Gasteiger partial charge in [-0.15, -0.1) is 24.0 Å². The van der Waals surface area contributed by atoms with Gasteiger partial charge in [-0.1, -0.05) is 43.7 Å². The van der Waals surface area contributed by atoms with Gasteiger partial charge in [-0.25, -0.2) is 0 Å². The lowest BCUT2D eigenvalue weighted by atomic mass is 9.84. The molecule has 0 amide bonds. The largest absolute Gasteiger partial charge is 0.383 e. The van der Waals surface area contributed by atoms with Crippen molar-refractivity contribution in [2.75, 3.05) is 33.9 Å². The maximum Gasteiger partial charge on any atom is 0.191 e. The van der Waals surface area contributed by atoms with E-state index < -0.39 is 0 Å². The first kappa shape index (κ1) is 20.2. The lowest BCUT2D eigenvalue weighted by Gasteiger charge is -2.27. The topological polar surface area (TPSA) is 45.7 Å². The summed E-state index contributed by atoms with van der Waals surface area (Å²) in [6.45, 7) is 8.83. The van der Waals surface area contributed by atoms with E-state index in [0.717, 1.165) is 19.0 Å². The average molecular weight is 405 g/mol. The predicted octanol–water partition coefficient (Wildman–Crippen LogP) is 2.70. The molecule has 0 fully saturated rings. The second-order valence-electron chi connectivity index (χ2n) is 5.60. The fourth-order valence-corrected chi connectivity index (χ4v) is 1.96. The summed E-state index contributed by atoms with van der Waals surface area (Å²) in [5.41, 5.74) is 2.67. The van der Waals surface area contributed by atoms with Crippen LogP contribution in [0.5, 0.6) is 0 Å². The number of nitrogens with one attached hydrogen (secondary N) is 2. The van der Waals surface area contributed by atoms with E-state index in [0.29, 0.717) is 6.61 Å².